The van der Waals surface area contributed by atoms with Crippen molar-refractivity contribution in [2.24, 2.45) is 0 Å². The molecule has 1 aromatic heterocycles. The largest absolute Gasteiger partial charge is 0.310 e. The molecule has 11 aromatic rings. The number of nitrogens with zero attached hydrogens (tertiary/aromatic N) is 2. The minimum absolute atomic E-state index is 0.107. The number of fused-ring (bicyclic) bond motifs is 11. The molecule has 2 aliphatic carbocycles. The predicted molar refractivity (Wildman–Crippen MR) is 271 cm³/mol. The summed E-state index contributed by atoms with van der Waals surface area (Å²) < 4.78 is 2.45. The first-order valence-electron chi connectivity index (χ1n) is 22.6. The zero-order valence-electron chi connectivity index (χ0n) is 36.5. The summed E-state index contributed by atoms with van der Waals surface area (Å²) in [6, 6.07) is 77.1. The number of hydrogen-bond donors (Lipinski definition) is 0. The number of benzene rings is 10. The molecule has 0 aliphatic heterocycles. The maximum atomic E-state index is 2.50. The SMILES string of the molecule is CC1(C)c2ccccc2-c2ccc(N(c3ccc4c(c3)C(C)(C)c3cc(-c5ccc6c(c5)c5ccccc5n6-c5cccc6ccccc56)ccc3-4)c3cccc4ccccc34)cc21. The first-order valence-corrected chi connectivity index (χ1v) is 22.6. The Balaban J connectivity index is 0.929. The molecule has 2 heteroatoms. The Morgan fingerprint density at radius 3 is 1.59 bits per heavy atom. The van der Waals surface area contributed by atoms with Crippen molar-refractivity contribution in [3.8, 4) is 39.1 Å². The molecular weight excluding hydrogens is 773 g/mol. The van der Waals surface area contributed by atoms with Gasteiger partial charge in [0.15, 0.2) is 0 Å². The van der Waals surface area contributed by atoms with Gasteiger partial charge in [-0.15, -0.1) is 0 Å². The fourth-order valence-electron chi connectivity index (χ4n) is 11.5. The van der Waals surface area contributed by atoms with Crippen LogP contribution >= 0.6 is 0 Å². The Morgan fingerprint density at radius 2 is 0.844 bits per heavy atom. The Hall–Kier alpha value is -7.68. The Bertz CT molecular complexity index is 3740. The van der Waals surface area contributed by atoms with E-state index >= 15 is 0 Å². The second-order valence-corrected chi connectivity index (χ2v) is 18.9. The summed E-state index contributed by atoms with van der Waals surface area (Å²) in [5, 5.41) is 7.50. The summed E-state index contributed by atoms with van der Waals surface area (Å²) in [4.78, 5) is 2.50. The number of anilines is 3. The molecule has 0 fully saturated rings. The smallest absolute Gasteiger partial charge is 0.0541 e. The van der Waals surface area contributed by atoms with E-state index in [1.54, 1.807) is 0 Å². The predicted octanol–water partition coefficient (Wildman–Crippen LogP) is 16.8. The standard InChI is InChI=1S/C62H46N2/c1-61(2)53-23-11-9-21-47(53)49-32-29-43(37-55(49)61)63(57-25-13-17-39-15-5-7-19-45(39)57)44-30-33-50-48-31-27-42(36-54(48)62(3,4)56(50)38-44)41-28-34-60-52(35-41)51-22-10-12-24-59(51)64(60)58-26-14-18-40-16-6-8-20-46(40)58/h5-38H,1-4H3. The zero-order chi connectivity index (χ0) is 42.9. The molecule has 0 unspecified atom stereocenters. The Labute approximate surface area is 374 Å². The van der Waals surface area contributed by atoms with Crippen LogP contribution in [0.3, 0.4) is 0 Å². The van der Waals surface area contributed by atoms with Gasteiger partial charge < -0.3 is 9.47 Å². The van der Waals surface area contributed by atoms with Crippen LogP contribution in [0, 0.1) is 0 Å². The van der Waals surface area contributed by atoms with E-state index in [0.29, 0.717) is 0 Å². The van der Waals surface area contributed by atoms with Crippen LogP contribution in [0.4, 0.5) is 17.1 Å². The molecule has 0 bridgehead atoms. The normalized spacial score (nSPS) is 14.2. The minimum Gasteiger partial charge on any atom is -0.310 e. The second-order valence-electron chi connectivity index (χ2n) is 18.9. The first-order chi connectivity index (χ1) is 31.3. The van der Waals surface area contributed by atoms with Crippen molar-refractivity contribution in [3.05, 3.63) is 229 Å². The summed E-state index contributed by atoms with van der Waals surface area (Å²) in [5.74, 6) is 0. The summed E-state index contributed by atoms with van der Waals surface area (Å²) in [7, 11) is 0. The van der Waals surface area contributed by atoms with E-state index in [-0.39, 0.29) is 10.8 Å². The highest BCUT2D eigenvalue weighted by Crippen LogP contribution is 2.54. The molecule has 0 amide bonds. The topological polar surface area (TPSA) is 8.17 Å². The summed E-state index contributed by atoms with van der Waals surface area (Å²) in [6.45, 7) is 9.55. The number of aromatic nitrogens is 1. The highest BCUT2D eigenvalue weighted by molar-refractivity contribution is 6.12. The van der Waals surface area contributed by atoms with Crippen molar-refractivity contribution in [3.63, 3.8) is 0 Å². The Kier molecular flexibility index (Phi) is 7.74. The maximum Gasteiger partial charge on any atom is 0.0541 e. The summed E-state index contributed by atoms with van der Waals surface area (Å²) in [6.07, 6.45) is 0. The molecule has 0 spiro atoms. The van der Waals surface area contributed by atoms with E-state index < -0.39 is 0 Å². The van der Waals surface area contributed by atoms with Crippen LogP contribution in [-0.2, 0) is 10.8 Å². The van der Waals surface area contributed by atoms with Gasteiger partial charge in [0.05, 0.1) is 22.4 Å². The quantitative estimate of drug-likeness (QED) is 0.168. The number of rotatable bonds is 5. The monoisotopic (exact) mass is 818 g/mol. The molecule has 0 radical (unpaired) electrons. The molecule has 1 heterocycles. The van der Waals surface area contributed by atoms with Crippen molar-refractivity contribution in [1.29, 1.82) is 0 Å². The van der Waals surface area contributed by atoms with E-state index in [0.717, 1.165) is 5.69 Å². The van der Waals surface area contributed by atoms with Gasteiger partial charge >= 0.3 is 0 Å². The van der Waals surface area contributed by atoms with Crippen molar-refractivity contribution < 1.29 is 0 Å². The van der Waals surface area contributed by atoms with E-state index in [1.807, 2.05) is 0 Å². The van der Waals surface area contributed by atoms with E-state index in [1.165, 1.54) is 116 Å². The van der Waals surface area contributed by atoms with Gasteiger partial charge in [0.2, 0.25) is 0 Å². The van der Waals surface area contributed by atoms with Crippen molar-refractivity contribution in [1.82, 2.24) is 4.57 Å². The van der Waals surface area contributed by atoms with Gasteiger partial charge in [0, 0.05) is 43.7 Å². The molecule has 10 aromatic carbocycles. The van der Waals surface area contributed by atoms with E-state index in [9.17, 15) is 0 Å². The van der Waals surface area contributed by atoms with E-state index in [4.69, 9.17) is 0 Å². The third-order valence-corrected chi connectivity index (χ3v) is 14.8. The van der Waals surface area contributed by atoms with Gasteiger partial charge in [-0.3, -0.25) is 0 Å². The first kappa shape index (κ1) is 36.9. The van der Waals surface area contributed by atoms with Crippen LogP contribution in [-0.4, -0.2) is 4.57 Å². The fourth-order valence-corrected chi connectivity index (χ4v) is 11.5. The average molecular weight is 819 g/mol. The molecule has 0 saturated carbocycles. The third-order valence-electron chi connectivity index (χ3n) is 14.8. The molecule has 64 heavy (non-hydrogen) atoms. The van der Waals surface area contributed by atoms with Gasteiger partial charge in [-0.1, -0.05) is 173 Å². The molecule has 0 saturated heterocycles. The fraction of sp³-hybridized carbons (Fsp3) is 0.0968. The lowest BCUT2D eigenvalue weighted by Gasteiger charge is -2.30. The van der Waals surface area contributed by atoms with Crippen LogP contribution in [0.1, 0.15) is 49.9 Å². The zero-order valence-corrected chi connectivity index (χ0v) is 36.5. The van der Waals surface area contributed by atoms with Crippen molar-refractivity contribution in [2.75, 3.05) is 4.90 Å². The second kappa shape index (κ2) is 13.4. The molecule has 13 rings (SSSR count). The van der Waals surface area contributed by atoms with Crippen molar-refractivity contribution >= 4 is 60.4 Å². The van der Waals surface area contributed by atoms with Crippen LogP contribution < -0.4 is 4.90 Å². The van der Waals surface area contributed by atoms with Gasteiger partial charge in [-0.2, -0.15) is 0 Å². The van der Waals surface area contributed by atoms with Crippen LogP contribution in [0.25, 0.3) is 82.4 Å². The highest BCUT2D eigenvalue weighted by atomic mass is 15.1. The van der Waals surface area contributed by atoms with Crippen LogP contribution in [0.2, 0.25) is 0 Å². The molecule has 304 valence electrons. The molecule has 2 aliphatic rings. The summed E-state index contributed by atoms with van der Waals surface area (Å²) >= 11 is 0. The average Bonchev–Trinajstić information content (AvgIpc) is 3.87. The maximum absolute atomic E-state index is 2.50. The number of hydrogen-bond acceptors (Lipinski definition) is 1. The van der Waals surface area contributed by atoms with Gasteiger partial charge in [-0.05, 0) is 127 Å². The lowest BCUT2D eigenvalue weighted by molar-refractivity contribution is 0.660. The van der Waals surface area contributed by atoms with Crippen LogP contribution in [0.5, 0.6) is 0 Å². The molecule has 0 atom stereocenters. The lowest BCUT2D eigenvalue weighted by Crippen LogP contribution is -2.18. The molecule has 0 N–H and O–H groups in total. The number of para-hydroxylation sites is 1. The van der Waals surface area contributed by atoms with Gasteiger partial charge in [-0.25, -0.2) is 0 Å². The van der Waals surface area contributed by atoms with Crippen LogP contribution in [0.15, 0.2) is 206 Å². The highest BCUT2D eigenvalue weighted by Gasteiger charge is 2.38. The third kappa shape index (κ3) is 5.20. The lowest BCUT2D eigenvalue weighted by atomic mass is 9.81. The van der Waals surface area contributed by atoms with Gasteiger partial charge in [0.25, 0.3) is 0 Å². The van der Waals surface area contributed by atoms with Gasteiger partial charge in [0.1, 0.15) is 0 Å². The minimum atomic E-state index is -0.225. The van der Waals surface area contributed by atoms with E-state index in [2.05, 4.69) is 243 Å². The molecule has 2 nitrogen and oxygen atoms in total. The van der Waals surface area contributed by atoms with Crippen molar-refractivity contribution in [2.45, 2.75) is 38.5 Å². The Morgan fingerprint density at radius 1 is 0.344 bits per heavy atom. The molecular formula is C62H46N2. The summed E-state index contributed by atoms with van der Waals surface area (Å²) in [5.41, 5.74) is 20.1.